The number of halogens is 8. The van der Waals surface area contributed by atoms with Crippen molar-refractivity contribution in [1.29, 1.82) is 0 Å². The van der Waals surface area contributed by atoms with E-state index < -0.39 is 40.6 Å². The molecule has 40 heavy (non-hydrogen) atoms. The monoisotopic (exact) mass is 650 g/mol. The van der Waals surface area contributed by atoms with Crippen LogP contribution in [0.3, 0.4) is 0 Å². The van der Waals surface area contributed by atoms with Crippen molar-refractivity contribution in [3.8, 4) is 0 Å². The first-order valence-electron chi connectivity index (χ1n) is 11.6. The van der Waals surface area contributed by atoms with Gasteiger partial charge in [0.1, 0.15) is 10.8 Å². The van der Waals surface area contributed by atoms with Crippen LogP contribution in [0.25, 0.3) is 0 Å². The Morgan fingerprint density at radius 2 is 1.43 bits per heavy atom. The number of rotatable bonds is 8. The summed E-state index contributed by atoms with van der Waals surface area (Å²) >= 11 is 31.2. The van der Waals surface area contributed by atoms with Crippen molar-refractivity contribution >= 4 is 87.0 Å². The number of ketones is 1. The summed E-state index contributed by atoms with van der Waals surface area (Å²) in [6.07, 6.45) is -6.32. The third-order valence-electron chi connectivity index (χ3n) is 6.08. The molecule has 0 aromatic heterocycles. The van der Waals surface area contributed by atoms with Crippen LogP contribution in [0.1, 0.15) is 33.8 Å². The van der Waals surface area contributed by atoms with Crippen LogP contribution in [0.15, 0.2) is 60.7 Å². The molecular weight excluding hydrogens is 635 g/mol. The topological polar surface area (TPSA) is 75.3 Å². The Balaban J connectivity index is 1.41. The first kappa shape index (κ1) is 30.5. The van der Waals surface area contributed by atoms with E-state index in [1.807, 2.05) is 0 Å². The van der Waals surface area contributed by atoms with Gasteiger partial charge in [0, 0.05) is 39.3 Å². The lowest BCUT2D eigenvalue weighted by molar-refractivity contribution is -0.150. The zero-order valence-corrected chi connectivity index (χ0v) is 23.9. The summed E-state index contributed by atoms with van der Waals surface area (Å²) < 4.78 is 35.7. The van der Waals surface area contributed by atoms with Crippen LogP contribution in [0.4, 0.5) is 24.5 Å². The zero-order valence-electron chi connectivity index (χ0n) is 20.1. The number of Topliss-reactive ketones (excluding diaryl/α,β-unsaturated/α-hetero) is 1. The second kappa shape index (κ2) is 11.8. The van der Waals surface area contributed by atoms with E-state index in [2.05, 4.69) is 10.6 Å². The number of hydrogen-bond acceptors (Lipinski definition) is 3. The highest BCUT2D eigenvalue weighted by atomic mass is 35.5. The highest BCUT2D eigenvalue weighted by Crippen LogP contribution is 2.65. The van der Waals surface area contributed by atoms with Crippen molar-refractivity contribution in [2.45, 2.75) is 29.3 Å². The van der Waals surface area contributed by atoms with Gasteiger partial charge in [-0.05, 0) is 59.7 Å². The van der Waals surface area contributed by atoms with E-state index in [0.717, 1.165) is 0 Å². The summed E-state index contributed by atoms with van der Waals surface area (Å²) in [4.78, 5) is 37.5. The molecule has 13 heteroatoms. The van der Waals surface area contributed by atoms with E-state index in [9.17, 15) is 27.6 Å². The predicted octanol–water partition coefficient (Wildman–Crippen LogP) is 8.49. The Morgan fingerprint density at radius 3 is 2.02 bits per heavy atom. The van der Waals surface area contributed by atoms with Gasteiger partial charge in [0.2, 0.25) is 11.8 Å². The van der Waals surface area contributed by atoms with Crippen LogP contribution in [-0.4, -0.2) is 28.1 Å². The number of carbonyl (C=O) groups is 3. The molecule has 0 heterocycles. The van der Waals surface area contributed by atoms with Gasteiger partial charge in [0.15, 0.2) is 5.78 Å². The number of benzene rings is 3. The number of carbonyl (C=O) groups excluding carboxylic acids is 3. The van der Waals surface area contributed by atoms with Gasteiger partial charge < -0.3 is 10.6 Å². The van der Waals surface area contributed by atoms with E-state index in [1.165, 1.54) is 42.5 Å². The molecule has 2 N–H and O–H groups in total. The van der Waals surface area contributed by atoms with Crippen LogP contribution in [0.2, 0.25) is 15.1 Å². The minimum Gasteiger partial charge on any atom is -0.326 e. The largest absolute Gasteiger partial charge is 0.397 e. The normalized spacial score (nSPS) is 17.7. The molecule has 0 saturated heterocycles. The van der Waals surface area contributed by atoms with Gasteiger partial charge in [-0.3, -0.25) is 14.4 Å². The van der Waals surface area contributed by atoms with Crippen molar-refractivity contribution in [3.63, 3.8) is 0 Å². The number of alkyl halides is 5. The van der Waals surface area contributed by atoms with Crippen molar-refractivity contribution in [2.75, 3.05) is 10.6 Å². The molecule has 5 nitrogen and oxygen atoms in total. The number of amides is 2. The number of nitrogens with one attached hydrogen (secondary N) is 2. The van der Waals surface area contributed by atoms with E-state index in [4.69, 9.17) is 58.0 Å². The summed E-state index contributed by atoms with van der Waals surface area (Å²) in [5.41, 5.74) is 1.72. The molecule has 210 valence electrons. The van der Waals surface area contributed by atoms with Gasteiger partial charge >= 0.3 is 6.18 Å². The minimum absolute atomic E-state index is 0.0966. The highest BCUT2D eigenvalue weighted by Gasteiger charge is 2.67. The van der Waals surface area contributed by atoms with Crippen molar-refractivity contribution in [1.82, 2.24) is 0 Å². The third kappa shape index (κ3) is 7.42. The Bertz CT molecular complexity index is 1460. The Morgan fingerprint density at radius 1 is 0.825 bits per heavy atom. The summed E-state index contributed by atoms with van der Waals surface area (Å²) in [5, 5.41) is 5.76. The molecule has 0 aliphatic heterocycles. The molecule has 1 saturated carbocycles. The zero-order chi connectivity index (χ0) is 29.4. The maximum Gasteiger partial charge on any atom is 0.397 e. The summed E-state index contributed by atoms with van der Waals surface area (Å²) in [6.45, 7) is 0. The first-order chi connectivity index (χ1) is 18.6. The lowest BCUT2D eigenvalue weighted by Gasteiger charge is -2.10. The quantitative estimate of drug-likeness (QED) is 0.189. The molecule has 2 unspecified atom stereocenters. The van der Waals surface area contributed by atoms with Gasteiger partial charge in [-0.2, -0.15) is 13.2 Å². The number of anilines is 2. The standard InChI is InChI=1S/C27H18Cl5F3N2O3/c28-15-8-14(9-16(29)10-15)23-24(27(23,31)32)25(40)37-18-5-6-20(30)19(11-18)21(38)7-13-1-3-17(4-2-13)36-22(39)12-26(33,34)35/h1-6,8-11,23-24H,7,12H2,(H,36,39)(H,37,40). The molecule has 3 aromatic rings. The average molecular weight is 653 g/mol. The van der Waals surface area contributed by atoms with E-state index in [-0.39, 0.29) is 28.5 Å². The van der Waals surface area contributed by atoms with Gasteiger partial charge in [-0.25, -0.2) is 0 Å². The lowest BCUT2D eigenvalue weighted by Crippen LogP contribution is -2.21. The lowest BCUT2D eigenvalue weighted by atomic mass is 10.0. The van der Waals surface area contributed by atoms with Crippen LogP contribution in [-0.2, 0) is 16.0 Å². The second-order valence-electron chi connectivity index (χ2n) is 9.15. The van der Waals surface area contributed by atoms with E-state index >= 15 is 0 Å². The van der Waals surface area contributed by atoms with E-state index in [0.29, 0.717) is 26.9 Å². The molecule has 0 bridgehead atoms. The van der Waals surface area contributed by atoms with Gasteiger partial charge in [0.25, 0.3) is 0 Å². The maximum atomic E-state index is 13.0. The fraction of sp³-hybridized carbons (Fsp3) is 0.222. The molecular formula is C27H18Cl5F3N2O3. The van der Waals surface area contributed by atoms with Crippen LogP contribution in [0.5, 0.6) is 0 Å². The van der Waals surface area contributed by atoms with Crippen LogP contribution < -0.4 is 10.6 Å². The molecule has 0 radical (unpaired) electrons. The van der Waals surface area contributed by atoms with Gasteiger partial charge in [-0.1, -0.05) is 46.9 Å². The third-order valence-corrected chi connectivity index (χ3v) is 7.78. The molecule has 2 atom stereocenters. The molecule has 4 rings (SSSR count). The van der Waals surface area contributed by atoms with Crippen LogP contribution in [0, 0.1) is 5.92 Å². The molecule has 1 aliphatic carbocycles. The van der Waals surface area contributed by atoms with E-state index in [1.54, 1.807) is 18.2 Å². The molecule has 2 amide bonds. The average Bonchev–Trinajstić information content (AvgIpc) is 3.41. The predicted molar refractivity (Wildman–Crippen MR) is 151 cm³/mol. The summed E-state index contributed by atoms with van der Waals surface area (Å²) in [7, 11) is 0. The van der Waals surface area contributed by atoms with Gasteiger partial charge in [0.05, 0.1) is 10.9 Å². The Labute approximate surface area is 251 Å². The maximum absolute atomic E-state index is 13.0. The first-order valence-corrected chi connectivity index (χ1v) is 13.5. The molecule has 1 fully saturated rings. The Kier molecular flexibility index (Phi) is 8.97. The Hall–Kier alpha value is -2.49. The molecule has 1 aliphatic rings. The smallest absolute Gasteiger partial charge is 0.326 e. The van der Waals surface area contributed by atoms with Crippen molar-refractivity contribution in [3.05, 3.63) is 92.4 Å². The summed E-state index contributed by atoms with van der Waals surface area (Å²) in [5.74, 6) is -3.42. The fourth-order valence-corrected chi connectivity index (χ4v) is 5.83. The molecule has 3 aromatic carbocycles. The second-order valence-corrected chi connectivity index (χ2v) is 11.9. The van der Waals surface area contributed by atoms with Gasteiger partial charge in [-0.15, -0.1) is 23.2 Å². The summed E-state index contributed by atoms with van der Waals surface area (Å²) in [6, 6.07) is 15.0. The minimum atomic E-state index is -4.62. The fourth-order valence-electron chi connectivity index (χ4n) is 4.23. The van der Waals surface area contributed by atoms with Crippen LogP contribution >= 0.6 is 58.0 Å². The van der Waals surface area contributed by atoms with Crippen molar-refractivity contribution in [2.24, 2.45) is 5.92 Å². The highest BCUT2D eigenvalue weighted by molar-refractivity contribution is 6.53. The van der Waals surface area contributed by atoms with Crippen molar-refractivity contribution < 1.29 is 27.6 Å². The number of hydrogen-bond donors (Lipinski definition) is 2. The SMILES string of the molecule is O=C(CC(F)(F)F)Nc1ccc(CC(=O)c2cc(NC(=O)C3C(c4cc(Cl)cc(Cl)c4)C3(Cl)Cl)ccc2Cl)cc1. The molecule has 0 spiro atoms.